The highest BCUT2D eigenvalue weighted by molar-refractivity contribution is 7.89. The predicted octanol–water partition coefficient (Wildman–Crippen LogP) is 2.39. The van der Waals surface area contributed by atoms with E-state index in [4.69, 9.17) is 9.47 Å². The van der Waals surface area contributed by atoms with E-state index in [1.165, 1.54) is 10.4 Å². The third-order valence-electron chi connectivity index (χ3n) is 5.14. The Morgan fingerprint density at radius 3 is 2.63 bits per heavy atom. The number of para-hydroxylation sites is 1. The van der Waals surface area contributed by atoms with Crippen molar-refractivity contribution < 1.29 is 22.7 Å². The molecule has 1 aliphatic rings. The first-order valence-corrected chi connectivity index (χ1v) is 11.5. The lowest BCUT2D eigenvalue weighted by Gasteiger charge is -2.26. The maximum Gasteiger partial charge on any atom is 0.251 e. The zero-order valence-corrected chi connectivity index (χ0v) is 18.2. The van der Waals surface area contributed by atoms with Crippen LogP contribution in [0.25, 0.3) is 0 Å². The lowest BCUT2D eigenvalue weighted by molar-refractivity contribution is 0.0730. The molecule has 3 rings (SSSR count). The van der Waals surface area contributed by atoms with E-state index in [2.05, 4.69) is 5.32 Å². The number of amides is 1. The van der Waals surface area contributed by atoms with E-state index in [1.54, 1.807) is 26.2 Å². The van der Waals surface area contributed by atoms with Crippen LogP contribution in [0.3, 0.4) is 0 Å². The highest BCUT2D eigenvalue weighted by Crippen LogP contribution is 2.22. The summed E-state index contributed by atoms with van der Waals surface area (Å²) in [6, 6.07) is 12.6. The van der Waals surface area contributed by atoms with Gasteiger partial charge < -0.3 is 14.8 Å². The Labute approximate surface area is 178 Å². The average molecular weight is 433 g/mol. The highest BCUT2D eigenvalue weighted by atomic mass is 32.2. The normalized spacial score (nSPS) is 15.0. The van der Waals surface area contributed by atoms with Crippen LogP contribution in [-0.2, 0) is 21.2 Å². The number of nitrogens with zero attached hydrogens (tertiary/aromatic N) is 1. The maximum atomic E-state index is 13.0. The zero-order chi connectivity index (χ0) is 21.6. The number of sulfonamides is 1. The number of nitrogens with one attached hydrogen (secondary N) is 1. The molecule has 1 amide bonds. The van der Waals surface area contributed by atoms with Crippen molar-refractivity contribution in [2.24, 2.45) is 0 Å². The summed E-state index contributed by atoms with van der Waals surface area (Å²) in [5, 5.41) is 2.88. The van der Waals surface area contributed by atoms with Crippen LogP contribution in [0.4, 0.5) is 0 Å². The Morgan fingerprint density at radius 2 is 1.90 bits per heavy atom. The fraction of sp³-hybridized carbons (Fsp3) is 0.409. The van der Waals surface area contributed by atoms with Crippen LogP contribution in [-0.4, -0.2) is 58.6 Å². The van der Waals surface area contributed by atoms with Gasteiger partial charge in [0.1, 0.15) is 5.75 Å². The van der Waals surface area contributed by atoms with Gasteiger partial charge in [0.25, 0.3) is 5.91 Å². The molecule has 0 radical (unpaired) electrons. The number of carbonyl (C=O) groups is 1. The molecular weight excluding hydrogens is 404 g/mol. The maximum absolute atomic E-state index is 13.0. The van der Waals surface area contributed by atoms with Gasteiger partial charge in [-0.05, 0) is 49.1 Å². The van der Waals surface area contributed by atoms with Gasteiger partial charge in [0.2, 0.25) is 10.0 Å². The molecule has 0 bridgehead atoms. The van der Waals surface area contributed by atoms with Crippen LogP contribution < -0.4 is 10.1 Å². The molecule has 8 heteroatoms. The second kappa shape index (κ2) is 10.1. The Bertz CT molecular complexity index is 985. The smallest absolute Gasteiger partial charge is 0.251 e. The van der Waals surface area contributed by atoms with Crippen LogP contribution in [0.5, 0.6) is 5.75 Å². The van der Waals surface area contributed by atoms with E-state index in [9.17, 15) is 13.2 Å². The largest absolute Gasteiger partial charge is 0.496 e. The zero-order valence-electron chi connectivity index (χ0n) is 17.4. The monoisotopic (exact) mass is 432 g/mol. The third kappa shape index (κ3) is 5.19. The second-order valence-corrected chi connectivity index (χ2v) is 9.07. The van der Waals surface area contributed by atoms with Crippen LogP contribution in [0.2, 0.25) is 0 Å². The molecule has 0 unspecified atom stereocenters. The van der Waals surface area contributed by atoms with E-state index in [-0.39, 0.29) is 10.8 Å². The number of hydrogen-bond donors (Lipinski definition) is 1. The van der Waals surface area contributed by atoms with Gasteiger partial charge in [-0.1, -0.05) is 24.3 Å². The van der Waals surface area contributed by atoms with Gasteiger partial charge in [-0.25, -0.2) is 8.42 Å². The van der Waals surface area contributed by atoms with Crippen molar-refractivity contribution in [2.45, 2.75) is 24.7 Å². The second-order valence-electron chi connectivity index (χ2n) is 7.17. The van der Waals surface area contributed by atoms with Gasteiger partial charge in [0.15, 0.2) is 0 Å². The number of morpholine rings is 1. The molecule has 0 aromatic heterocycles. The summed E-state index contributed by atoms with van der Waals surface area (Å²) >= 11 is 0. The molecule has 1 N–H and O–H groups in total. The van der Waals surface area contributed by atoms with Crippen LogP contribution in [0, 0.1) is 6.92 Å². The molecule has 30 heavy (non-hydrogen) atoms. The average Bonchev–Trinajstić information content (AvgIpc) is 2.77. The summed E-state index contributed by atoms with van der Waals surface area (Å²) in [6.07, 6.45) is 1.52. The minimum atomic E-state index is -3.66. The number of benzene rings is 2. The van der Waals surface area contributed by atoms with Crippen molar-refractivity contribution in [2.75, 3.05) is 40.0 Å². The Kier molecular flexibility index (Phi) is 7.47. The summed E-state index contributed by atoms with van der Waals surface area (Å²) in [6.45, 7) is 3.62. The molecule has 1 saturated heterocycles. The van der Waals surface area contributed by atoms with Gasteiger partial charge in [-0.15, -0.1) is 0 Å². The molecule has 0 aliphatic carbocycles. The molecule has 1 heterocycles. The number of aryl methyl sites for hydroxylation is 2. The van der Waals surface area contributed by atoms with Crippen molar-refractivity contribution in [1.82, 2.24) is 9.62 Å². The Balaban J connectivity index is 1.63. The first-order valence-electron chi connectivity index (χ1n) is 10.0. The number of rotatable bonds is 8. The Hall–Kier alpha value is -2.42. The minimum absolute atomic E-state index is 0.172. The van der Waals surface area contributed by atoms with Gasteiger partial charge in [0.05, 0.1) is 25.2 Å². The van der Waals surface area contributed by atoms with Gasteiger partial charge in [-0.3, -0.25) is 4.79 Å². The SMILES string of the molecule is COc1ccccc1CCCNC(=O)c1ccc(C)c(S(=O)(=O)N2CCOCC2)c1. The van der Waals surface area contributed by atoms with Crippen molar-refractivity contribution in [3.63, 3.8) is 0 Å². The van der Waals surface area contributed by atoms with Crippen molar-refractivity contribution in [1.29, 1.82) is 0 Å². The molecule has 7 nitrogen and oxygen atoms in total. The molecule has 1 aliphatic heterocycles. The molecule has 162 valence electrons. The van der Waals surface area contributed by atoms with E-state index >= 15 is 0 Å². The number of methoxy groups -OCH3 is 1. The summed E-state index contributed by atoms with van der Waals surface area (Å²) in [4.78, 5) is 12.8. The van der Waals surface area contributed by atoms with Crippen molar-refractivity contribution in [3.05, 3.63) is 59.2 Å². The summed E-state index contributed by atoms with van der Waals surface area (Å²) in [5.41, 5.74) is 2.04. The molecule has 0 atom stereocenters. The first-order chi connectivity index (χ1) is 14.4. The fourth-order valence-corrected chi connectivity index (χ4v) is 5.10. The number of ether oxygens (including phenoxy) is 2. The van der Waals surface area contributed by atoms with Crippen LogP contribution in [0.15, 0.2) is 47.4 Å². The van der Waals surface area contributed by atoms with E-state index < -0.39 is 10.0 Å². The lowest BCUT2D eigenvalue weighted by Crippen LogP contribution is -2.41. The molecule has 0 spiro atoms. The van der Waals surface area contributed by atoms with Crippen molar-refractivity contribution >= 4 is 15.9 Å². The third-order valence-corrected chi connectivity index (χ3v) is 7.18. The molecule has 2 aromatic rings. The summed E-state index contributed by atoms with van der Waals surface area (Å²) in [5.74, 6) is 0.550. The van der Waals surface area contributed by atoms with E-state index in [0.29, 0.717) is 44.0 Å². The van der Waals surface area contributed by atoms with Gasteiger partial charge in [0, 0.05) is 25.2 Å². The highest BCUT2D eigenvalue weighted by Gasteiger charge is 2.28. The van der Waals surface area contributed by atoms with Crippen LogP contribution >= 0.6 is 0 Å². The minimum Gasteiger partial charge on any atom is -0.496 e. The van der Waals surface area contributed by atoms with Crippen molar-refractivity contribution in [3.8, 4) is 5.75 Å². The van der Waals surface area contributed by atoms with Crippen LogP contribution in [0.1, 0.15) is 27.9 Å². The quantitative estimate of drug-likeness (QED) is 0.648. The van der Waals surface area contributed by atoms with E-state index in [0.717, 1.165) is 24.2 Å². The number of carbonyl (C=O) groups excluding carboxylic acids is 1. The predicted molar refractivity (Wildman–Crippen MR) is 114 cm³/mol. The standard InChI is InChI=1S/C22H28N2O5S/c1-17-9-10-19(16-21(17)30(26,27)24-12-14-29-15-13-24)22(25)23-11-5-7-18-6-3-4-8-20(18)28-2/h3-4,6,8-10,16H,5,7,11-15H2,1-2H3,(H,23,25). The summed E-state index contributed by atoms with van der Waals surface area (Å²) < 4.78 is 38.0. The molecular formula is C22H28N2O5S. The molecule has 1 fully saturated rings. The van der Waals surface area contributed by atoms with Gasteiger partial charge >= 0.3 is 0 Å². The first kappa shape index (κ1) is 22.3. The van der Waals surface area contributed by atoms with Gasteiger partial charge in [-0.2, -0.15) is 4.31 Å². The Morgan fingerprint density at radius 1 is 1.17 bits per heavy atom. The number of hydrogen-bond acceptors (Lipinski definition) is 5. The molecule has 2 aromatic carbocycles. The topological polar surface area (TPSA) is 84.9 Å². The van der Waals surface area contributed by atoms with E-state index in [1.807, 2.05) is 24.3 Å². The fourth-order valence-electron chi connectivity index (χ4n) is 3.44. The molecule has 0 saturated carbocycles. The lowest BCUT2D eigenvalue weighted by atomic mass is 10.1. The summed E-state index contributed by atoms with van der Waals surface area (Å²) in [7, 11) is -2.02.